The molecule has 1 amide bonds. The topological polar surface area (TPSA) is 52.5 Å². The quantitative estimate of drug-likeness (QED) is 0.706. The third kappa shape index (κ3) is 2.43. The lowest BCUT2D eigenvalue weighted by Crippen LogP contribution is -2.27. The van der Waals surface area contributed by atoms with Crippen LogP contribution in [0.1, 0.15) is 44.4 Å². The van der Waals surface area contributed by atoms with Crippen LogP contribution in [0, 0.1) is 0 Å². The predicted molar refractivity (Wildman–Crippen MR) is 112 cm³/mol. The summed E-state index contributed by atoms with van der Waals surface area (Å²) in [7, 11) is 0. The Morgan fingerprint density at radius 1 is 1.00 bits per heavy atom. The van der Waals surface area contributed by atoms with Gasteiger partial charge in [-0.05, 0) is 75.4 Å². The molecule has 0 unspecified atom stereocenters. The molecule has 29 heavy (non-hydrogen) atoms. The zero-order valence-electron chi connectivity index (χ0n) is 16.7. The van der Waals surface area contributed by atoms with E-state index in [1.165, 1.54) is 16.6 Å². The molecular formula is C24H24N2O3. The summed E-state index contributed by atoms with van der Waals surface area (Å²) in [5.74, 6) is 1.54. The average molecular weight is 388 g/mol. The Morgan fingerprint density at radius 2 is 1.83 bits per heavy atom. The Balaban J connectivity index is 1.32. The number of benzene rings is 2. The normalized spacial score (nSPS) is 19.9. The summed E-state index contributed by atoms with van der Waals surface area (Å²) in [4.78, 5) is 13.2. The highest BCUT2D eigenvalue weighted by Gasteiger charge is 2.51. The second kappa shape index (κ2) is 5.56. The van der Waals surface area contributed by atoms with E-state index in [2.05, 4.69) is 41.9 Å². The standard InChI is InChI=1S/C24H24N2O3/c1-23(2)8-7-18-11-15-3-5-17(13-19(15)26(18)23)25-22(27)24(9-10-24)16-4-6-20-21(12-16)29-14-28-20/h3-6,11-13H,7-10,14H2,1-2H3,(H,25,27). The van der Waals surface area contributed by atoms with E-state index in [0.717, 1.165) is 48.4 Å². The maximum atomic E-state index is 13.2. The van der Waals surface area contributed by atoms with Crippen LogP contribution in [0.25, 0.3) is 10.9 Å². The average Bonchev–Trinajstić information content (AvgIpc) is 3.09. The van der Waals surface area contributed by atoms with Crippen LogP contribution in [0.3, 0.4) is 0 Å². The van der Waals surface area contributed by atoms with E-state index in [1.54, 1.807) is 0 Å². The minimum atomic E-state index is -0.462. The molecule has 5 heteroatoms. The summed E-state index contributed by atoms with van der Waals surface area (Å²) in [6, 6.07) is 14.4. The Kier molecular flexibility index (Phi) is 3.25. The number of nitrogens with zero attached hydrogens (tertiary/aromatic N) is 1. The second-order valence-corrected chi connectivity index (χ2v) is 9.16. The van der Waals surface area contributed by atoms with Crippen molar-refractivity contribution >= 4 is 22.5 Å². The highest BCUT2D eigenvalue weighted by atomic mass is 16.7. The van der Waals surface area contributed by atoms with Gasteiger partial charge in [-0.15, -0.1) is 0 Å². The number of carbonyl (C=O) groups is 1. The van der Waals surface area contributed by atoms with E-state index in [1.807, 2.05) is 24.3 Å². The summed E-state index contributed by atoms with van der Waals surface area (Å²) < 4.78 is 13.3. The van der Waals surface area contributed by atoms with Crippen LogP contribution >= 0.6 is 0 Å². The number of hydrogen-bond acceptors (Lipinski definition) is 3. The van der Waals surface area contributed by atoms with Gasteiger partial charge < -0.3 is 19.4 Å². The SMILES string of the molecule is CC1(C)CCc2cc3ccc(NC(=O)C4(c5ccc6c(c5)OCO6)CC4)cc3n21. The van der Waals surface area contributed by atoms with Gasteiger partial charge in [0.15, 0.2) is 11.5 Å². The summed E-state index contributed by atoms with van der Waals surface area (Å²) in [6.07, 6.45) is 3.97. The number of hydrogen-bond donors (Lipinski definition) is 1. The zero-order chi connectivity index (χ0) is 19.8. The summed E-state index contributed by atoms with van der Waals surface area (Å²) in [5, 5.41) is 4.43. The Labute approximate surface area is 169 Å². The second-order valence-electron chi connectivity index (χ2n) is 9.16. The number of aryl methyl sites for hydroxylation is 1. The Bertz CT molecular complexity index is 1170. The molecule has 2 aromatic carbocycles. The summed E-state index contributed by atoms with van der Waals surface area (Å²) in [5.41, 5.74) is 4.10. The van der Waals surface area contributed by atoms with Crippen LogP contribution < -0.4 is 14.8 Å². The molecule has 3 aromatic rings. The van der Waals surface area contributed by atoms with Crippen molar-refractivity contribution in [3.05, 3.63) is 53.7 Å². The van der Waals surface area contributed by atoms with Gasteiger partial charge >= 0.3 is 0 Å². The van der Waals surface area contributed by atoms with Gasteiger partial charge in [0.2, 0.25) is 12.7 Å². The third-order valence-electron chi connectivity index (χ3n) is 6.85. The lowest BCUT2D eigenvalue weighted by atomic mass is 9.94. The van der Waals surface area contributed by atoms with E-state index in [0.29, 0.717) is 0 Å². The number of aromatic nitrogens is 1. The van der Waals surface area contributed by atoms with Gasteiger partial charge in [-0.1, -0.05) is 12.1 Å². The monoisotopic (exact) mass is 388 g/mol. The minimum Gasteiger partial charge on any atom is -0.454 e. The lowest BCUT2D eigenvalue weighted by Gasteiger charge is -2.23. The number of ether oxygens (including phenoxy) is 2. The molecule has 3 heterocycles. The molecule has 3 aliphatic rings. The lowest BCUT2D eigenvalue weighted by molar-refractivity contribution is -0.118. The Morgan fingerprint density at radius 3 is 2.66 bits per heavy atom. The minimum absolute atomic E-state index is 0.0585. The molecule has 1 fully saturated rings. The number of anilines is 1. The molecule has 0 radical (unpaired) electrons. The molecular weight excluding hydrogens is 364 g/mol. The van der Waals surface area contributed by atoms with Gasteiger partial charge in [0.1, 0.15) is 0 Å². The van der Waals surface area contributed by atoms with Crippen LogP contribution in [0.4, 0.5) is 5.69 Å². The van der Waals surface area contributed by atoms with E-state index in [4.69, 9.17) is 9.47 Å². The van der Waals surface area contributed by atoms with E-state index >= 15 is 0 Å². The first-order valence-corrected chi connectivity index (χ1v) is 10.3. The molecule has 6 rings (SSSR count). The number of amides is 1. The molecule has 0 saturated heterocycles. The first-order valence-electron chi connectivity index (χ1n) is 10.3. The number of fused-ring (bicyclic) bond motifs is 4. The molecule has 1 aliphatic carbocycles. The molecule has 1 N–H and O–H groups in total. The van der Waals surface area contributed by atoms with Crippen LogP contribution in [0.5, 0.6) is 11.5 Å². The van der Waals surface area contributed by atoms with E-state index < -0.39 is 5.41 Å². The fourth-order valence-corrected chi connectivity index (χ4v) is 5.00. The number of carbonyl (C=O) groups excluding carboxylic acids is 1. The molecule has 2 aliphatic heterocycles. The highest BCUT2D eigenvalue weighted by Crippen LogP contribution is 2.51. The first-order chi connectivity index (χ1) is 14.0. The molecule has 0 spiro atoms. The zero-order valence-corrected chi connectivity index (χ0v) is 16.7. The van der Waals surface area contributed by atoms with E-state index in [-0.39, 0.29) is 18.2 Å². The van der Waals surface area contributed by atoms with Crippen LogP contribution in [-0.4, -0.2) is 17.3 Å². The third-order valence-corrected chi connectivity index (χ3v) is 6.85. The van der Waals surface area contributed by atoms with Crippen molar-refractivity contribution in [2.24, 2.45) is 0 Å². The van der Waals surface area contributed by atoms with Crippen LogP contribution in [0.2, 0.25) is 0 Å². The van der Waals surface area contributed by atoms with Gasteiger partial charge in [0, 0.05) is 22.3 Å². The van der Waals surface area contributed by atoms with Crippen molar-refractivity contribution < 1.29 is 14.3 Å². The largest absolute Gasteiger partial charge is 0.454 e. The highest BCUT2D eigenvalue weighted by molar-refractivity contribution is 6.02. The fraction of sp³-hybridized carbons (Fsp3) is 0.375. The summed E-state index contributed by atoms with van der Waals surface area (Å²) in [6.45, 7) is 4.82. The van der Waals surface area contributed by atoms with Crippen molar-refractivity contribution in [3.63, 3.8) is 0 Å². The Hall–Kier alpha value is -2.95. The maximum absolute atomic E-state index is 13.2. The van der Waals surface area contributed by atoms with Gasteiger partial charge in [-0.25, -0.2) is 0 Å². The predicted octanol–water partition coefficient (Wildman–Crippen LogP) is 4.72. The van der Waals surface area contributed by atoms with Crippen molar-refractivity contribution in [3.8, 4) is 11.5 Å². The number of nitrogens with one attached hydrogen (secondary N) is 1. The van der Waals surface area contributed by atoms with Crippen molar-refractivity contribution in [2.75, 3.05) is 12.1 Å². The van der Waals surface area contributed by atoms with Gasteiger partial charge in [0.05, 0.1) is 10.9 Å². The molecule has 0 bridgehead atoms. The van der Waals surface area contributed by atoms with Gasteiger partial charge in [0.25, 0.3) is 0 Å². The van der Waals surface area contributed by atoms with Crippen LogP contribution in [-0.2, 0) is 22.2 Å². The maximum Gasteiger partial charge on any atom is 0.235 e. The molecule has 1 saturated carbocycles. The molecule has 1 aromatic heterocycles. The van der Waals surface area contributed by atoms with Crippen LogP contribution in [0.15, 0.2) is 42.5 Å². The van der Waals surface area contributed by atoms with E-state index in [9.17, 15) is 4.79 Å². The fourth-order valence-electron chi connectivity index (χ4n) is 5.00. The molecule has 0 atom stereocenters. The first kappa shape index (κ1) is 17.0. The van der Waals surface area contributed by atoms with Crippen molar-refractivity contribution in [1.82, 2.24) is 4.57 Å². The van der Waals surface area contributed by atoms with Crippen molar-refractivity contribution in [2.45, 2.75) is 50.5 Å². The number of rotatable bonds is 3. The van der Waals surface area contributed by atoms with Gasteiger partial charge in [-0.3, -0.25) is 4.79 Å². The smallest absolute Gasteiger partial charge is 0.235 e. The molecule has 148 valence electrons. The van der Waals surface area contributed by atoms with Crippen molar-refractivity contribution in [1.29, 1.82) is 0 Å². The van der Waals surface area contributed by atoms with Gasteiger partial charge in [-0.2, -0.15) is 0 Å². The molecule has 5 nitrogen and oxygen atoms in total. The summed E-state index contributed by atoms with van der Waals surface area (Å²) >= 11 is 0.